The zero-order chi connectivity index (χ0) is 20.4. The van der Waals surface area contributed by atoms with E-state index in [1.54, 1.807) is 46.8 Å². The number of hydrogen-bond acceptors (Lipinski definition) is 6. The molecule has 7 nitrogen and oxygen atoms in total. The van der Waals surface area contributed by atoms with E-state index < -0.39 is 0 Å². The molecule has 0 spiro atoms. The fourth-order valence-corrected chi connectivity index (χ4v) is 3.61. The quantitative estimate of drug-likeness (QED) is 0.618. The lowest BCUT2D eigenvalue weighted by Gasteiger charge is -2.35. The lowest BCUT2D eigenvalue weighted by atomic mass is 10.2. The number of aromatic nitrogens is 4. The van der Waals surface area contributed by atoms with Gasteiger partial charge in [-0.25, -0.2) is 14.1 Å². The molecule has 0 radical (unpaired) electrons. The van der Waals surface area contributed by atoms with Crippen LogP contribution in [-0.4, -0.2) is 50.4 Å². The maximum Gasteiger partial charge on any atom is 0.199 e. The molecule has 0 unspecified atom stereocenters. The third-order valence-electron chi connectivity index (χ3n) is 5.06. The van der Waals surface area contributed by atoms with Crippen molar-refractivity contribution in [3.8, 4) is 17.5 Å². The van der Waals surface area contributed by atoms with E-state index in [1.807, 2.05) is 6.07 Å². The number of hydrogen-bond donors (Lipinski definition) is 0. The molecule has 0 bridgehead atoms. The Labute approximate surface area is 173 Å². The number of benzene rings is 1. The Morgan fingerprint density at radius 1 is 1.17 bits per heavy atom. The van der Waals surface area contributed by atoms with Crippen molar-refractivity contribution in [1.29, 1.82) is 5.26 Å². The van der Waals surface area contributed by atoms with Gasteiger partial charge in [0, 0.05) is 39.4 Å². The van der Waals surface area contributed by atoms with Crippen LogP contribution >= 0.6 is 12.2 Å². The van der Waals surface area contributed by atoms with E-state index in [0.717, 1.165) is 32.0 Å². The van der Waals surface area contributed by atoms with Crippen LogP contribution in [0.1, 0.15) is 5.56 Å². The Bertz CT molecular complexity index is 1120. The third kappa shape index (κ3) is 3.90. The van der Waals surface area contributed by atoms with Crippen LogP contribution in [-0.2, 0) is 13.7 Å². The SMILES string of the molecule is Cn1c(-c2ccccc2F)nn(CN2CCN(c3cc(C#N)ccn3)CC2)c1=S. The standard InChI is InChI=1S/C20H20FN7S/c1-25-19(16-4-2-3-5-17(16)21)24-28(20(25)29)14-26-8-10-27(11-9-26)18-12-15(13-22)6-7-23-18/h2-7,12H,8-11,14H2,1H3. The molecule has 1 saturated heterocycles. The number of halogens is 1. The van der Waals surface area contributed by atoms with Gasteiger partial charge in [-0.05, 0) is 36.5 Å². The molecule has 0 N–H and O–H groups in total. The first-order valence-electron chi connectivity index (χ1n) is 9.29. The molecule has 0 atom stereocenters. The van der Waals surface area contributed by atoms with Crippen LogP contribution in [0.2, 0.25) is 0 Å². The van der Waals surface area contributed by atoms with Crippen LogP contribution in [0.3, 0.4) is 0 Å². The average Bonchev–Trinajstić information content (AvgIpc) is 3.03. The second-order valence-electron chi connectivity index (χ2n) is 6.91. The van der Waals surface area contributed by atoms with Crippen molar-refractivity contribution in [3.05, 3.63) is 58.7 Å². The van der Waals surface area contributed by atoms with Crippen LogP contribution in [0.4, 0.5) is 10.2 Å². The van der Waals surface area contributed by atoms with Crippen LogP contribution in [0.5, 0.6) is 0 Å². The normalized spacial score (nSPS) is 14.7. The predicted molar refractivity (Wildman–Crippen MR) is 110 cm³/mol. The van der Waals surface area contributed by atoms with E-state index in [4.69, 9.17) is 17.5 Å². The van der Waals surface area contributed by atoms with Gasteiger partial charge in [0.1, 0.15) is 11.6 Å². The van der Waals surface area contributed by atoms with Crippen molar-refractivity contribution in [1.82, 2.24) is 24.2 Å². The Morgan fingerprint density at radius 2 is 1.93 bits per heavy atom. The summed E-state index contributed by atoms with van der Waals surface area (Å²) in [5.74, 6) is 1.02. The number of rotatable bonds is 4. The number of nitrogens with zero attached hydrogens (tertiary/aromatic N) is 7. The molecular formula is C20H20FN7S. The highest BCUT2D eigenvalue weighted by Gasteiger charge is 2.20. The topological polar surface area (TPSA) is 65.9 Å². The average molecular weight is 409 g/mol. The molecular weight excluding hydrogens is 389 g/mol. The molecule has 29 heavy (non-hydrogen) atoms. The van der Waals surface area contributed by atoms with Gasteiger partial charge in [-0.1, -0.05) is 12.1 Å². The Balaban J connectivity index is 1.46. The maximum atomic E-state index is 14.2. The summed E-state index contributed by atoms with van der Waals surface area (Å²) in [5.41, 5.74) is 1.05. The largest absolute Gasteiger partial charge is 0.354 e. The van der Waals surface area contributed by atoms with E-state index >= 15 is 0 Å². The highest BCUT2D eigenvalue weighted by atomic mass is 32.1. The minimum absolute atomic E-state index is 0.316. The monoisotopic (exact) mass is 409 g/mol. The van der Waals surface area contributed by atoms with Gasteiger partial charge in [0.15, 0.2) is 10.6 Å². The van der Waals surface area contributed by atoms with Crippen molar-refractivity contribution in [2.45, 2.75) is 6.67 Å². The van der Waals surface area contributed by atoms with Crippen LogP contribution < -0.4 is 4.90 Å². The van der Waals surface area contributed by atoms with Crippen molar-refractivity contribution in [2.24, 2.45) is 7.05 Å². The van der Waals surface area contributed by atoms with Gasteiger partial charge in [0.05, 0.1) is 23.9 Å². The van der Waals surface area contributed by atoms with Gasteiger partial charge in [0.2, 0.25) is 0 Å². The minimum Gasteiger partial charge on any atom is -0.354 e. The molecule has 1 aliphatic heterocycles. The molecule has 148 valence electrons. The van der Waals surface area contributed by atoms with Gasteiger partial charge < -0.3 is 9.47 Å². The minimum atomic E-state index is -0.316. The van der Waals surface area contributed by atoms with Gasteiger partial charge in [-0.15, -0.1) is 0 Å². The summed E-state index contributed by atoms with van der Waals surface area (Å²) in [6.45, 7) is 3.75. The first-order valence-corrected chi connectivity index (χ1v) is 9.70. The third-order valence-corrected chi connectivity index (χ3v) is 5.55. The van der Waals surface area contributed by atoms with Crippen LogP contribution in [0, 0.1) is 21.9 Å². The molecule has 4 rings (SSSR count). The molecule has 3 heterocycles. The summed E-state index contributed by atoms with van der Waals surface area (Å²) in [4.78, 5) is 8.79. The molecule has 3 aromatic rings. The number of piperazine rings is 1. The van der Waals surface area contributed by atoms with Crippen molar-refractivity contribution < 1.29 is 4.39 Å². The second-order valence-corrected chi connectivity index (χ2v) is 7.27. The zero-order valence-electron chi connectivity index (χ0n) is 16.0. The molecule has 9 heteroatoms. The smallest absolute Gasteiger partial charge is 0.199 e. The van der Waals surface area contributed by atoms with E-state index in [9.17, 15) is 4.39 Å². The highest BCUT2D eigenvalue weighted by Crippen LogP contribution is 2.21. The van der Waals surface area contributed by atoms with E-state index in [-0.39, 0.29) is 5.82 Å². The van der Waals surface area contributed by atoms with Gasteiger partial charge in [-0.3, -0.25) is 4.90 Å². The van der Waals surface area contributed by atoms with Crippen molar-refractivity contribution >= 4 is 18.0 Å². The summed E-state index contributed by atoms with van der Waals surface area (Å²) >= 11 is 5.52. The zero-order valence-corrected chi connectivity index (χ0v) is 16.8. The first kappa shape index (κ1) is 19.2. The maximum absolute atomic E-state index is 14.2. The fourth-order valence-electron chi connectivity index (χ4n) is 3.43. The second kappa shape index (κ2) is 8.11. The molecule has 0 aliphatic carbocycles. The fraction of sp³-hybridized carbons (Fsp3) is 0.300. The molecule has 0 amide bonds. The highest BCUT2D eigenvalue weighted by molar-refractivity contribution is 7.71. The predicted octanol–water partition coefficient (Wildman–Crippen LogP) is 2.80. The first-order chi connectivity index (χ1) is 14.1. The Kier molecular flexibility index (Phi) is 5.38. The molecule has 0 saturated carbocycles. The number of anilines is 1. The summed E-state index contributed by atoms with van der Waals surface area (Å²) in [7, 11) is 1.80. The van der Waals surface area contributed by atoms with Gasteiger partial charge >= 0.3 is 0 Å². The Hall–Kier alpha value is -3.09. The number of pyridine rings is 1. The van der Waals surface area contributed by atoms with E-state index in [1.165, 1.54) is 6.07 Å². The molecule has 1 aromatic carbocycles. The molecule has 1 aliphatic rings. The lowest BCUT2D eigenvalue weighted by molar-refractivity contribution is 0.194. The van der Waals surface area contributed by atoms with Crippen molar-refractivity contribution in [2.75, 3.05) is 31.1 Å². The number of nitriles is 1. The van der Waals surface area contributed by atoms with E-state index in [0.29, 0.717) is 28.4 Å². The summed E-state index contributed by atoms with van der Waals surface area (Å²) < 4.78 is 18.2. The summed E-state index contributed by atoms with van der Waals surface area (Å²) in [5, 5.41) is 13.6. The van der Waals surface area contributed by atoms with Gasteiger partial charge in [-0.2, -0.15) is 10.4 Å². The Morgan fingerprint density at radius 3 is 2.66 bits per heavy atom. The van der Waals surface area contributed by atoms with Crippen molar-refractivity contribution in [3.63, 3.8) is 0 Å². The lowest BCUT2D eigenvalue weighted by Crippen LogP contribution is -2.47. The van der Waals surface area contributed by atoms with Gasteiger partial charge in [0.25, 0.3) is 0 Å². The van der Waals surface area contributed by atoms with E-state index in [2.05, 4.69) is 26.0 Å². The summed E-state index contributed by atoms with van der Waals surface area (Å²) in [6, 6.07) is 12.2. The molecule has 2 aromatic heterocycles. The van der Waals surface area contributed by atoms with Crippen LogP contribution in [0.25, 0.3) is 11.4 Å². The van der Waals surface area contributed by atoms with Crippen LogP contribution in [0.15, 0.2) is 42.6 Å². The summed E-state index contributed by atoms with van der Waals surface area (Å²) in [6.07, 6.45) is 1.66. The molecule has 1 fully saturated rings.